The zero-order valence-corrected chi connectivity index (χ0v) is 18.9. The fourth-order valence-electron chi connectivity index (χ4n) is 3.54. The van der Waals surface area contributed by atoms with Crippen molar-refractivity contribution in [2.75, 3.05) is 23.1 Å². The summed E-state index contributed by atoms with van der Waals surface area (Å²) in [6, 6.07) is 16.9. The van der Waals surface area contributed by atoms with Crippen LogP contribution in [0.15, 0.2) is 70.3 Å². The average molecular weight is 470 g/mol. The maximum Gasteiger partial charge on any atom is 0.271 e. The van der Waals surface area contributed by atoms with Crippen LogP contribution < -0.4 is 10.0 Å². The highest BCUT2D eigenvalue weighted by molar-refractivity contribution is 7.94. The Morgan fingerprint density at radius 3 is 2.38 bits per heavy atom. The van der Waals surface area contributed by atoms with Gasteiger partial charge in [0.15, 0.2) is 0 Å². The minimum absolute atomic E-state index is 0.0146. The number of sulfonamides is 1. The molecule has 2 heterocycles. The molecule has 0 saturated carbocycles. The molecule has 2 N–H and O–H groups in total. The highest BCUT2D eigenvalue weighted by atomic mass is 32.2. The summed E-state index contributed by atoms with van der Waals surface area (Å²) in [6.45, 7) is 1.55. The molecule has 7 nitrogen and oxygen atoms in total. The number of hydrogen-bond acceptors (Lipinski definition) is 5. The minimum atomic E-state index is -3.61. The van der Waals surface area contributed by atoms with E-state index in [-0.39, 0.29) is 22.4 Å². The third kappa shape index (κ3) is 5.35. The molecule has 0 spiro atoms. The van der Waals surface area contributed by atoms with Crippen molar-refractivity contribution in [3.05, 3.63) is 77.2 Å². The first-order valence-corrected chi connectivity index (χ1v) is 12.6. The van der Waals surface area contributed by atoms with Gasteiger partial charge in [0, 0.05) is 30.0 Å². The Balaban J connectivity index is 1.35. The molecule has 1 aliphatic rings. The number of carbonyl (C=O) groups is 2. The quantitative estimate of drug-likeness (QED) is 0.547. The first-order valence-electron chi connectivity index (χ1n) is 10.3. The molecule has 166 valence electrons. The van der Waals surface area contributed by atoms with Gasteiger partial charge in [-0.2, -0.15) is 0 Å². The molecule has 1 aliphatic heterocycles. The van der Waals surface area contributed by atoms with Gasteiger partial charge >= 0.3 is 0 Å². The number of thiophene rings is 1. The topological polar surface area (TPSA) is 95.6 Å². The van der Waals surface area contributed by atoms with E-state index in [1.165, 1.54) is 0 Å². The lowest BCUT2D eigenvalue weighted by atomic mass is 10.1. The smallest absolute Gasteiger partial charge is 0.271 e. The Bertz CT molecular complexity index is 1200. The maximum atomic E-state index is 12.5. The molecule has 1 fully saturated rings. The monoisotopic (exact) mass is 469 g/mol. The van der Waals surface area contributed by atoms with Crippen molar-refractivity contribution in [2.24, 2.45) is 0 Å². The summed E-state index contributed by atoms with van der Waals surface area (Å²) in [5.74, 6) is -0.234. The molecule has 1 saturated heterocycles. The Kier molecular flexibility index (Phi) is 6.57. The molecule has 0 aliphatic carbocycles. The number of hydrogen-bond donors (Lipinski definition) is 2. The Hall–Kier alpha value is -3.17. The first kappa shape index (κ1) is 22.0. The van der Waals surface area contributed by atoms with Crippen LogP contribution in [-0.2, 0) is 21.2 Å². The average Bonchev–Trinajstić information content (AvgIpc) is 3.49. The van der Waals surface area contributed by atoms with Crippen molar-refractivity contribution in [3.8, 4) is 0 Å². The van der Waals surface area contributed by atoms with E-state index < -0.39 is 10.0 Å². The summed E-state index contributed by atoms with van der Waals surface area (Å²) >= 11 is 1.14. The van der Waals surface area contributed by atoms with Crippen molar-refractivity contribution >= 4 is 44.5 Å². The van der Waals surface area contributed by atoms with E-state index in [1.54, 1.807) is 66.0 Å². The molecular formula is C23H23N3O4S2. The molecule has 1 aromatic heterocycles. The lowest BCUT2D eigenvalue weighted by Crippen LogP contribution is -2.27. The van der Waals surface area contributed by atoms with E-state index >= 15 is 0 Å². The number of carbonyl (C=O) groups excluding carboxylic acids is 2. The van der Waals surface area contributed by atoms with Gasteiger partial charge in [0.2, 0.25) is 5.91 Å². The fourth-order valence-corrected chi connectivity index (χ4v) is 5.59. The van der Waals surface area contributed by atoms with Crippen LogP contribution in [0.1, 0.15) is 28.8 Å². The molecule has 0 radical (unpaired) electrons. The van der Waals surface area contributed by atoms with Crippen molar-refractivity contribution < 1.29 is 18.0 Å². The summed E-state index contributed by atoms with van der Waals surface area (Å²) in [7, 11) is -3.61. The Morgan fingerprint density at radius 2 is 1.69 bits per heavy atom. The van der Waals surface area contributed by atoms with E-state index in [9.17, 15) is 18.0 Å². The standard InChI is InChI=1S/C23H23N3O4S2/c27-21(24-20-6-3-5-18(16-20)23(28)26-12-1-2-13-26)15-17-8-10-19(11-9-17)25-32(29,30)22-7-4-14-31-22/h3-11,14,16,25H,1-2,12-13,15H2,(H,24,27). The van der Waals surface area contributed by atoms with Crippen LogP contribution >= 0.6 is 11.3 Å². The molecule has 0 atom stereocenters. The first-order chi connectivity index (χ1) is 15.4. The predicted molar refractivity (Wildman–Crippen MR) is 125 cm³/mol. The van der Waals surface area contributed by atoms with Gasteiger partial charge in [-0.3, -0.25) is 14.3 Å². The second-order valence-corrected chi connectivity index (χ2v) is 10.4. The van der Waals surface area contributed by atoms with Gasteiger partial charge in [0.1, 0.15) is 4.21 Å². The summed E-state index contributed by atoms with van der Waals surface area (Å²) in [5, 5.41) is 4.53. The SMILES string of the molecule is O=C(Cc1ccc(NS(=O)(=O)c2cccs2)cc1)Nc1cccc(C(=O)N2CCCC2)c1. The summed E-state index contributed by atoms with van der Waals surface area (Å²) in [4.78, 5) is 26.8. The van der Waals surface area contributed by atoms with Gasteiger partial charge in [-0.1, -0.05) is 24.3 Å². The summed E-state index contributed by atoms with van der Waals surface area (Å²) in [5.41, 5.74) is 2.30. The highest BCUT2D eigenvalue weighted by Gasteiger charge is 2.20. The van der Waals surface area contributed by atoms with Gasteiger partial charge in [-0.05, 0) is 60.2 Å². The number of nitrogens with one attached hydrogen (secondary N) is 2. The zero-order valence-electron chi connectivity index (χ0n) is 17.3. The number of benzene rings is 2. The van der Waals surface area contributed by atoms with Crippen molar-refractivity contribution in [2.45, 2.75) is 23.5 Å². The maximum absolute atomic E-state index is 12.5. The van der Waals surface area contributed by atoms with E-state index in [4.69, 9.17) is 0 Å². The number of rotatable bonds is 7. The lowest BCUT2D eigenvalue weighted by molar-refractivity contribution is -0.115. The van der Waals surface area contributed by atoms with Crippen molar-refractivity contribution in [3.63, 3.8) is 0 Å². The fraction of sp³-hybridized carbons (Fsp3) is 0.217. The van der Waals surface area contributed by atoms with Crippen molar-refractivity contribution in [1.29, 1.82) is 0 Å². The van der Waals surface area contributed by atoms with E-state index in [0.717, 1.165) is 42.8 Å². The Labute approximate surface area is 191 Å². The number of anilines is 2. The van der Waals surface area contributed by atoms with Crippen LogP contribution in [0.3, 0.4) is 0 Å². The third-order valence-corrected chi connectivity index (χ3v) is 7.90. The van der Waals surface area contributed by atoms with Crippen LogP contribution in [0.25, 0.3) is 0 Å². The van der Waals surface area contributed by atoms with Gasteiger partial charge in [0.05, 0.1) is 6.42 Å². The summed E-state index contributed by atoms with van der Waals surface area (Å²) < 4.78 is 27.4. The van der Waals surface area contributed by atoms with Crippen molar-refractivity contribution in [1.82, 2.24) is 4.90 Å². The minimum Gasteiger partial charge on any atom is -0.339 e. The number of amides is 2. The second kappa shape index (κ2) is 9.54. The van der Waals surface area contributed by atoms with Crippen LogP contribution in [0.4, 0.5) is 11.4 Å². The van der Waals surface area contributed by atoms with E-state index in [2.05, 4.69) is 10.0 Å². The number of nitrogens with zero attached hydrogens (tertiary/aromatic N) is 1. The zero-order chi connectivity index (χ0) is 22.6. The van der Waals surface area contributed by atoms with Crippen LogP contribution in [0.5, 0.6) is 0 Å². The molecule has 0 bridgehead atoms. The van der Waals surface area contributed by atoms with Crippen LogP contribution in [-0.4, -0.2) is 38.2 Å². The second-order valence-electron chi connectivity index (χ2n) is 7.54. The third-order valence-electron chi connectivity index (χ3n) is 5.12. The molecule has 3 aromatic rings. The van der Waals surface area contributed by atoms with Crippen LogP contribution in [0.2, 0.25) is 0 Å². The molecule has 9 heteroatoms. The van der Waals surface area contributed by atoms with Gasteiger partial charge < -0.3 is 10.2 Å². The van der Waals surface area contributed by atoms with Gasteiger partial charge in [0.25, 0.3) is 15.9 Å². The molecular weight excluding hydrogens is 446 g/mol. The summed E-state index contributed by atoms with van der Waals surface area (Å²) in [6.07, 6.45) is 2.18. The van der Waals surface area contributed by atoms with E-state index in [1.807, 2.05) is 4.90 Å². The molecule has 32 heavy (non-hydrogen) atoms. The van der Waals surface area contributed by atoms with Gasteiger partial charge in [-0.25, -0.2) is 8.42 Å². The lowest BCUT2D eigenvalue weighted by Gasteiger charge is -2.15. The van der Waals surface area contributed by atoms with Gasteiger partial charge in [-0.15, -0.1) is 11.3 Å². The van der Waals surface area contributed by atoms with Crippen LogP contribution in [0, 0.1) is 0 Å². The molecule has 2 amide bonds. The predicted octanol–water partition coefficient (Wildman–Crippen LogP) is 3.97. The van der Waals surface area contributed by atoms with E-state index in [0.29, 0.717) is 16.9 Å². The molecule has 4 rings (SSSR count). The Morgan fingerprint density at radius 1 is 0.938 bits per heavy atom. The largest absolute Gasteiger partial charge is 0.339 e. The number of likely N-dealkylation sites (tertiary alicyclic amines) is 1. The normalized spacial score (nSPS) is 13.7. The highest BCUT2D eigenvalue weighted by Crippen LogP contribution is 2.21. The molecule has 2 aromatic carbocycles. The molecule has 0 unspecified atom stereocenters.